The van der Waals surface area contributed by atoms with Crippen molar-refractivity contribution in [3.05, 3.63) is 59.6 Å². The Hall–Kier alpha value is -3.00. The van der Waals surface area contributed by atoms with E-state index < -0.39 is 0 Å². The van der Waals surface area contributed by atoms with Crippen LogP contribution in [0.1, 0.15) is 27.4 Å². The molecule has 1 amide bonds. The summed E-state index contributed by atoms with van der Waals surface area (Å²) in [7, 11) is 3.99. The summed E-state index contributed by atoms with van der Waals surface area (Å²) in [6, 6.07) is 5.61. The quantitative estimate of drug-likeness (QED) is 0.689. The van der Waals surface area contributed by atoms with Crippen LogP contribution in [0.5, 0.6) is 0 Å². The summed E-state index contributed by atoms with van der Waals surface area (Å²) in [6.07, 6.45) is 4.98. The molecule has 8 nitrogen and oxygen atoms in total. The van der Waals surface area contributed by atoms with Gasteiger partial charge in [-0.3, -0.25) is 4.79 Å². The van der Waals surface area contributed by atoms with Gasteiger partial charge in [0.05, 0.1) is 36.0 Å². The van der Waals surface area contributed by atoms with Gasteiger partial charge in [0.15, 0.2) is 5.82 Å². The Morgan fingerprint density at radius 3 is 2.63 bits per heavy atom. The fourth-order valence-electron chi connectivity index (χ4n) is 2.80. The predicted octanol–water partition coefficient (Wildman–Crippen LogP) is 1.81. The predicted molar refractivity (Wildman–Crippen MR) is 103 cm³/mol. The highest BCUT2D eigenvalue weighted by Gasteiger charge is 2.23. The zero-order valence-electron chi connectivity index (χ0n) is 16.2. The Morgan fingerprint density at radius 1 is 1.19 bits per heavy atom. The maximum Gasteiger partial charge on any atom is 0.257 e. The number of carbonyl (C=O) groups excluding carboxylic acids is 1. The molecule has 3 aromatic rings. The fraction of sp³-hybridized carbons (Fsp3) is 0.368. The number of likely N-dealkylation sites (N-methyl/N-ethyl adjacent to an activating group) is 1. The maximum atomic E-state index is 13.3. The standard InChI is InChI=1S/C19H25N7O/c1-14-17(22-13-21-14)12-25(10-9-24(3)4)19(27)16-11-23-26(15(16)2)18-7-5-6-8-20-18/h5-8,11,13H,9-10,12H2,1-4H3,(H,21,22). The molecule has 0 saturated carbocycles. The second-order valence-electron chi connectivity index (χ2n) is 6.75. The van der Waals surface area contributed by atoms with Crippen LogP contribution >= 0.6 is 0 Å². The van der Waals surface area contributed by atoms with E-state index >= 15 is 0 Å². The summed E-state index contributed by atoms with van der Waals surface area (Å²) in [5.74, 6) is 0.635. The zero-order valence-corrected chi connectivity index (χ0v) is 16.2. The molecule has 0 atom stereocenters. The van der Waals surface area contributed by atoms with Gasteiger partial charge in [0.2, 0.25) is 0 Å². The third kappa shape index (κ3) is 4.22. The number of H-pyrrole nitrogens is 1. The van der Waals surface area contributed by atoms with Crippen molar-refractivity contribution in [3.63, 3.8) is 0 Å². The minimum atomic E-state index is -0.0565. The van der Waals surface area contributed by atoms with Crippen LogP contribution in [0.25, 0.3) is 5.82 Å². The average molecular weight is 367 g/mol. The van der Waals surface area contributed by atoms with Gasteiger partial charge in [-0.1, -0.05) is 6.07 Å². The van der Waals surface area contributed by atoms with E-state index in [1.54, 1.807) is 23.4 Å². The molecule has 0 radical (unpaired) electrons. The topological polar surface area (TPSA) is 82.9 Å². The summed E-state index contributed by atoms with van der Waals surface area (Å²) in [6.45, 7) is 5.67. The number of nitrogens with one attached hydrogen (secondary N) is 1. The Morgan fingerprint density at radius 2 is 2.00 bits per heavy atom. The number of hydrogen-bond donors (Lipinski definition) is 1. The molecule has 0 aliphatic carbocycles. The van der Waals surface area contributed by atoms with Crippen LogP contribution in [0, 0.1) is 13.8 Å². The Kier molecular flexibility index (Phi) is 5.66. The van der Waals surface area contributed by atoms with E-state index in [9.17, 15) is 4.79 Å². The van der Waals surface area contributed by atoms with Gasteiger partial charge in [0, 0.05) is 25.0 Å². The summed E-state index contributed by atoms with van der Waals surface area (Å²) >= 11 is 0. The molecule has 0 saturated heterocycles. The van der Waals surface area contributed by atoms with E-state index in [1.165, 1.54) is 0 Å². The number of imidazole rings is 1. The molecule has 0 aliphatic rings. The summed E-state index contributed by atoms with van der Waals surface area (Å²) in [4.78, 5) is 28.9. The van der Waals surface area contributed by atoms with Crippen molar-refractivity contribution in [3.8, 4) is 5.82 Å². The number of nitrogens with zero attached hydrogens (tertiary/aromatic N) is 6. The first-order chi connectivity index (χ1) is 13.0. The van der Waals surface area contributed by atoms with E-state index in [1.807, 2.05) is 51.0 Å². The fourth-order valence-corrected chi connectivity index (χ4v) is 2.80. The van der Waals surface area contributed by atoms with Gasteiger partial charge in [-0.15, -0.1) is 0 Å². The van der Waals surface area contributed by atoms with Crippen molar-refractivity contribution >= 4 is 5.91 Å². The van der Waals surface area contributed by atoms with Crippen LogP contribution in [0.2, 0.25) is 0 Å². The van der Waals surface area contributed by atoms with Crippen LogP contribution in [0.15, 0.2) is 36.9 Å². The molecular formula is C19H25N7O. The lowest BCUT2D eigenvalue weighted by molar-refractivity contribution is 0.0729. The number of aryl methyl sites for hydroxylation is 1. The lowest BCUT2D eigenvalue weighted by atomic mass is 10.2. The molecule has 0 spiro atoms. The molecule has 0 fully saturated rings. The molecule has 142 valence electrons. The van der Waals surface area contributed by atoms with Gasteiger partial charge in [0.1, 0.15) is 0 Å². The van der Waals surface area contributed by atoms with Crippen LogP contribution in [0.3, 0.4) is 0 Å². The minimum Gasteiger partial charge on any atom is -0.348 e. The first kappa shape index (κ1) is 18.8. The van der Waals surface area contributed by atoms with Crippen molar-refractivity contribution in [2.75, 3.05) is 27.2 Å². The first-order valence-electron chi connectivity index (χ1n) is 8.86. The van der Waals surface area contributed by atoms with Crippen molar-refractivity contribution in [1.82, 2.24) is 34.5 Å². The Bertz CT molecular complexity index is 898. The number of pyridine rings is 1. The SMILES string of the molecule is Cc1[nH]cnc1CN(CCN(C)C)C(=O)c1cnn(-c2ccccn2)c1C. The van der Waals surface area contributed by atoms with Gasteiger partial charge in [-0.2, -0.15) is 5.10 Å². The average Bonchev–Trinajstić information content (AvgIpc) is 3.24. The lowest BCUT2D eigenvalue weighted by Crippen LogP contribution is -2.36. The number of amides is 1. The van der Waals surface area contributed by atoms with Crippen molar-refractivity contribution in [2.24, 2.45) is 0 Å². The maximum absolute atomic E-state index is 13.3. The van der Waals surface area contributed by atoms with Crippen molar-refractivity contribution < 1.29 is 4.79 Å². The normalized spacial score (nSPS) is 11.1. The number of rotatable bonds is 7. The molecular weight excluding hydrogens is 342 g/mol. The van der Waals surface area contributed by atoms with E-state index in [4.69, 9.17) is 0 Å². The van der Waals surface area contributed by atoms with E-state index in [0.29, 0.717) is 24.5 Å². The molecule has 8 heteroatoms. The third-order valence-corrected chi connectivity index (χ3v) is 4.49. The van der Waals surface area contributed by atoms with Crippen molar-refractivity contribution in [1.29, 1.82) is 0 Å². The second kappa shape index (κ2) is 8.13. The molecule has 27 heavy (non-hydrogen) atoms. The Balaban J connectivity index is 1.87. The van der Waals surface area contributed by atoms with Gasteiger partial charge < -0.3 is 14.8 Å². The van der Waals surface area contributed by atoms with E-state index in [0.717, 1.165) is 23.6 Å². The lowest BCUT2D eigenvalue weighted by Gasteiger charge is -2.24. The highest BCUT2D eigenvalue weighted by Crippen LogP contribution is 2.16. The third-order valence-electron chi connectivity index (χ3n) is 4.49. The molecule has 3 rings (SSSR count). The molecule has 0 aromatic carbocycles. The number of aromatic nitrogens is 5. The van der Waals surface area contributed by atoms with Crippen LogP contribution in [-0.2, 0) is 6.54 Å². The largest absolute Gasteiger partial charge is 0.348 e. The Labute approximate surface area is 158 Å². The monoisotopic (exact) mass is 367 g/mol. The smallest absolute Gasteiger partial charge is 0.257 e. The summed E-state index contributed by atoms with van der Waals surface area (Å²) in [5, 5.41) is 4.37. The molecule has 0 bridgehead atoms. The van der Waals surface area contributed by atoms with E-state index in [-0.39, 0.29) is 5.91 Å². The van der Waals surface area contributed by atoms with Crippen LogP contribution in [0.4, 0.5) is 0 Å². The van der Waals surface area contributed by atoms with Crippen LogP contribution in [-0.4, -0.2) is 67.6 Å². The van der Waals surface area contributed by atoms with Gasteiger partial charge in [0.25, 0.3) is 5.91 Å². The summed E-state index contributed by atoms with van der Waals surface area (Å²) in [5.41, 5.74) is 3.19. The highest BCUT2D eigenvalue weighted by molar-refractivity contribution is 5.95. The van der Waals surface area contributed by atoms with E-state index in [2.05, 4.69) is 25.0 Å². The highest BCUT2D eigenvalue weighted by atomic mass is 16.2. The molecule has 3 heterocycles. The number of aromatic amines is 1. The van der Waals surface area contributed by atoms with Gasteiger partial charge >= 0.3 is 0 Å². The molecule has 1 N–H and O–H groups in total. The minimum absolute atomic E-state index is 0.0565. The van der Waals surface area contributed by atoms with Gasteiger partial charge in [-0.05, 0) is 40.1 Å². The zero-order chi connectivity index (χ0) is 19.4. The second-order valence-corrected chi connectivity index (χ2v) is 6.75. The van der Waals surface area contributed by atoms with Crippen molar-refractivity contribution in [2.45, 2.75) is 20.4 Å². The molecule has 3 aromatic heterocycles. The molecule has 0 aliphatic heterocycles. The van der Waals surface area contributed by atoms with Gasteiger partial charge in [-0.25, -0.2) is 14.6 Å². The summed E-state index contributed by atoms with van der Waals surface area (Å²) < 4.78 is 1.69. The number of carbonyl (C=O) groups is 1. The number of hydrogen-bond acceptors (Lipinski definition) is 5. The first-order valence-corrected chi connectivity index (χ1v) is 8.86. The van der Waals surface area contributed by atoms with Crippen LogP contribution < -0.4 is 0 Å². The molecule has 0 unspecified atom stereocenters.